The fourth-order valence-corrected chi connectivity index (χ4v) is 2.73. The monoisotopic (exact) mass is 235 g/mol. The average Bonchev–Trinajstić information content (AvgIpc) is 2.76. The average molecular weight is 236 g/mol. The molecule has 1 aromatic carbocycles. The number of aryl methyl sites for hydroxylation is 1. The maximum Gasteiger partial charge on any atom is 0.312 e. The minimum Gasteiger partial charge on any atom is -0.481 e. The van der Waals surface area contributed by atoms with Crippen molar-refractivity contribution in [3.05, 3.63) is 34.5 Å². The molecular formula is C12H10ClNO2. The molecule has 0 saturated heterocycles. The number of carboxylic acid groups (broad SMARTS) is 1. The molecular weight excluding hydrogens is 226 g/mol. The SMILES string of the molecule is O=C(O)C1CCc2c1[nH]c1c(Cl)cccc21. The molecule has 0 radical (unpaired) electrons. The zero-order chi connectivity index (χ0) is 11.3. The predicted molar refractivity (Wildman–Crippen MR) is 62.0 cm³/mol. The quantitative estimate of drug-likeness (QED) is 0.799. The number of halogens is 1. The van der Waals surface area contributed by atoms with Gasteiger partial charge in [0.2, 0.25) is 0 Å². The van der Waals surface area contributed by atoms with Crippen molar-refractivity contribution in [1.82, 2.24) is 4.98 Å². The molecule has 1 heterocycles. The number of hydrogen-bond acceptors (Lipinski definition) is 1. The molecule has 3 rings (SSSR count). The summed E-state index contributed by atoms with van der Waals surface area (Å²) in [6.45, 7) is 0. The third-order valence-electron chi connectivity index (χ3n) is 3.25. The minimum absolute atomic E-state index is 0.404. The van der Waals surface area contributed by atoms with E-state index in [9.17, 15) is 4.79 Å². The van der Waals surface area contributed by atoms with Gasteiger partial charge in [0.15, 0.2) is 0 Å². The molecule has 0 spiro atoms. The number of hydrogen-bond donors (Lipinski definition) is 2. The number of aliphatic carboxylic acids is 1. The van der Waals surface area contributed by atoms with Gasteiger partial charge in [0.05, 0.1) is 16.5 Å². The first-order chi connectivity index (χ1) is 7.68. The van der Waals surface area contributed by atoms with Gasteiger partial charge in [-0.15, -0.1) is 0 Å². The van der Waals surface area contributed by atoms with Crippen molar-refractivity contribution in [2.75, 3.05) is 0 Å². The van der Waals surface area contributed by atoms with Crippen LogP contribution in [0.4, 0.5) is 0 Å². The first-order valence-corrected chi connectivity index (χ1v) is 5.58. The van der Waals surface area contributed by atoms with Gasteiger partial charge in [-0.25, -0.2) is 0 Å². The van der Waals surface area contributed by atoms with Gasteiger partial charge in [-0.05, 0) is 24.5 Å². The van der Waals surface area contributed by atoms with Gasteiger partial charge < -0.3 is 10.1 Å². The standard InChI is InChI=1S/C12H10ClNO2/c13-9-3-1-2-6-7-4-5-8(12(15)16)10(7)14-11(6)9/h1-3,8,14H,4-5H2,(H,15,16). The van der Waals surface area contributed by atoms with Crippen molar-refractivity contribution in [2.45, 2.75) is 18.8 Å². The van der Waals surface area contributed by atoms with Crippen LogP contribution in [0, 0.1) is 0 Å². The number of aromatic amines is 1. The van der Waals surface area contributed by atoms with Crippen LogP contribution in [0.15, 0.2) is 18.2 Å². The number of nitrogens with one attached hydrogen (secondary N) is 1. The molecule has 16 heavy (non-hydrogen) atoms. The smallest absolute Gasteiger partial charge is 0.312 e. The van der Waals surface area contributed by atoms with Gasteiger partial charge in [-0.2, -0.15) is 0 Å². The van der Waals surface area contributed by atoms with Crippen molar-refractivity contribution in [1.29, 1.82) is 0 Å². The lowest BCUT2D eigenvalue weighted by atomic mass is 10.1. The van der Waals surface area contributed by atoms with Crippen molar-refractivity contribution in [3.63, 3.8) is 0 Å². The molecule has 3 nitrogen and oxygen atoms in total. The summed E-state index contributed by atoms with van der Waals surface area (Å²) in [6, 6.07) is 5.69. The van der Waals surface area contributed by atoms with Crippen molar-refractivity contribution >= 4 is 28.5 Å². The second kappa shape index (κ2) is 3.25. The van der Waals surface area contributed by atoms with E-state index in [1.54, 1.807) is 0 Å². The Balaban J connectivity index is 2.28. The van der Waals surface area contributed by atoms with Crippen LogP contribution in [0.5, 0.6) is 0 Å². The summed E-state index contributed by atoms with van der Waals surface area (Å²) in [7, 11) is 0. The van der Waals surface area contributed by atoms with E-state index in [-0.39, 0.29) is 0 Å². The molecule has 0 bridgehead atoms. The first-order valence-electron chi connectivity index (χ1n) is 5.20. The van der Waals surface area contributed by atoms with E-state index in [1.165, 1.54) is 0 Å². The Morgan fingerprint density at radius 2 is 2.31 bits per heavy atom. The van der Waals surface area contributed by atoms with Crippen LogP contribution in [0.25, 0.3) is 10.9 Å². The molecule has 1 aliphatic carbocycles. The maximum atomic E-state index is 11.1. The lowest BCUT2D eigenvalue weighted by molar-refractivity contribution is -0.138. The molecule has 2 aromatic rings. The van der Waals surface area contributed by atoms with Crippen LogP contribution in [0.3, 0.4) is 0 Å². The molecule has 1 aliphatic rings. The zero-order valence-corrected chi connectivity index (χ0v) is 9.21. The molecule has 1 unspecified atom stereocenters. The number of carbonyl (C=O) groups is 1. The summed E-state index contributed by atoms with van der Waals surface area (Å²) in [5, 5.41) is 10.8. The summed E-state index contributed by atoms with van der Waals surface area (Å²) in [5.74, 6) is -1.17. The number of fused-ring (bicyclic) bond motifs is 3. The number of carboxylic acids is 1. The third-order valence-corrected chi connectivity index (χ3v) is 3.57. The van der Waals surface area contributed by atoms with Gasteiger partial charge in [-0.3, -0.25) is 4.79 Å². The summed E-state index contributed by atoms with van der Waals surface area (Å²) >= 11 is 6.07. The molecule has 2 N–H and O–H groups in total. The molecule has 1 aromatic heterocycles. The Kier molecular flexibility index (Phi) is 1.98. The Labute approximate surface area is 97.0 Å². The van der Waals surface area contributed by atoms with Crippen molar-refractivity contribution in [2.24, 2.45) is 0 Å². The van der Waals surface area contributed by atoms with E-state index >= 15 is 0 Å². The van der Waals surface area contributed by atoms with Gasteiger partial charge in [0.1, 0.15) is 0 Å². The van der Waals surface area contributed by atoms with E-state index in [0.29, 0.717) is 11.4 Å². The lowest BCUT2D eigenvalue weighted by Crippen LogP contribution is -2.08. The molecule has 82 valence electrons. The van der Waals surface area contributed by atoms with Crippen LogP contribution in [-0.4, -0.2) is 16.1 Å². The van der Waals surface area contributed by atoms with Crippen LogP contribution in [-0.2, 0) is 11.2 Å². The predicted octanol–water partition coefficient (Wildman–Crippen LogP) is 2.94. The van der Waals surface area contributed by atoms with Crippen LogP contribution >= 0.6 is 11.6 Å². The van der Waals surface area contributed by atoms with Gasteiger partial charge >= 0.3 is 5.97 Å². The highest BCUT2D eigenvalue weighted by molar-refractivity contribution is 6.35. The normalized spacial score (nSPS) is 18.9. The maximum absolute atomic E-state index is 11.1. The van der Waals surface area contributed by atoms with Crippen molar-refractivity contribution < 1.29 is 9.90 Å². The minimum atomic E-state index is -0.763. The Hall–Kier alpha value is -1.48. The van der Waals surface area contributed by atoms with Gasteiger partial charge in [0.25, 0.3) is 0 Å². The van der Waals surface area contributed by atoms with E-state index in [4.69, 9.17) is 16.7 Å². The van der Waals surface area contributed by atoms with Crippen molar-refractivity contribution in [3.8, 4) is 0 Å². The Morgan fingerprint density at radius 3 is 3.06 bits per heavy atom. The zero-order valence-electron chi connectivity index (χ0n) is 8.46. The molecule has 0 saturated carbocycles. The molecule has 1 atom stereocenters. The van der Waals surface area contributed by atoms with Gasteiger partial charge in [-0.1, -0.05) is 23.7 Å². The summed E-state index contributed by atoms with van der Waals surface area (Å²) in [5.41, 5.74) is 2.81. The Morgan fingerprint density at radius 1 is 1.50 bits per heavy atom. The third kappa shape index (κ3) is 1.18. The van der Waals surface area contributed by atoms with E-state index < -0.39 is 11.9 Å². The highest BCUT2D eigenvalue weighted by Gasteiger charge is 2.31. The number of rotatable bonds is 1. The number of aromatic nitrogens is 1. The largest absolute Gasteiger partial charge is 0.481 e. The second-order valence-electron chi connectivity index (χ2n) is 4.11. The number of H-pyrrole nitrogens is 1. The molecule has 0 amide bonds. The van der Waals surface area contributed by atoms with Gasteiger partial charge in [0, 0.05) is 11.1 Å². The fraction of sp³-hybridized carbons (Fsp3) is 0.250. The molecule has 0 fully saturated rings. The summed E-state index contributed by atoms with van der Waals surface area (Å²) in [6.07, 6.45) is 1.49. The fourth-order valence-electron chi connectivity index (χ4n) is 2.50. The first kappa shape index (κ1) is 9.73. The summed E-state index contributed by atoms with van der Waals surface area (Å²) in [4.78, 5) is 14.2. The van der Waals surface area contributed by atoms with E-state index in [0.717, 1.165) is 28.6 Å². The number of para-hydroxylation sites is 1. The summed E-state index contributed by atoms with van der Waals surface area (Å²) < 4.78 is 0. The lowest BCUT2D eigenvalue weighted by Gasteiger charge is -2.02. The van der Waals surface area contributed by atoms with E-state index in [1.807, 2.05) is 18.2 Å². The Bertz CT molecular complexity index is 588. The van der Waals surface area contributed by atoms with Crippen LogP contribution < -0.4 is 0 Å². The topological polar surface area (TPSA) is 53.1 Å². The number of benzene rings is 1. The van der Waals surface area contributed by atoms with Crippen LogP contribution in [0.2, 0.25) is 5.02 Å². The second-order valence-corrected chi connectivity index (χ2v) is 4.52. The van der Waals surface area contributed by atoms with E-state index in [2.05, 4.69) is 4.98 Å². The highest BCUT2D eigenvalue weighted by atomic mass is 35.5. The molecule has 4 heteroatoms. The van der Waals surface area contributed by atoms with Crippen LogP contribution in [0.1, 0.15) is 23.6 Å². The molecule has 0 aliphatic heterocycles. The highest BCUT2D eigenvalue weighted by Crippen LogP contribution is 2.39.